The maximum Gasteiger partial charge on any atom is 0.258 e. The molecular weight excluding hydrogens is 246 g/mol. The smallest absolute Gasteiger partial charge is 0.258 e. The molecule has 0 aliphatic heterocycles. The van der Waals surface area contributed by atoms with Crippen molar-refractivity contribution in [2.45, 2.75) is 19.4 Å². The molecule has 19 heavy (non-hydrogen) atoms. The summed E-state index contributed by atoms with van der Waals surface area (Å²) in [5, 5.41) is 6.96. The number of rotatable bonds is 5. The van der Waals surface area contributed by atoms with Crippen molar-refractivity contribution < 1.29 is 13.9 Å². The maximum atomic E-state index is 12.1. The summed E-state index contributed by atoms with van der Waals surface area (Å²) in [5.74, 6) is 0.136. The molecule has 0 radical (unpaired) electrons. The molecule has 0 aliphatic carbocycles. The lowest BCUT2D eigenvalue weighted by molar-refractivity contribution is 0.0937. The number of furan rings is 1. The zero-order chi connectivity index (χ0) is 13.8. The van der Waals surface area contributed by atoms with Crippen molar-refractivity contribution >= 4 is 5.91 Å². The molecule has 1 unspecified atom stereocenters. The zero-order valence-corrected chi connectivity index (χ0v) is 11.2. The van der Waals surface area contributed by atoms with Gasteiger partial charge in [0.15, 0.2) is 0 Å². The highest BCUT2D eigenvalue weighted by molar-refractivity contribution is 5.96. The average molecular weight is 263 g/mol. The predicted octanol–water partition coefficient (Wildman–Crippen LogP) is 1.38. The van der Waals surface area contributed by atoms with Gasteiger partial charge in [-0.2, -0.15) is 0 Å². The van der Waals surface area contributed by atoms with Crippen LogP contribution in [0, 0.1) is 0 Å². The predicted molar refractivity (Wildman–Crippen MR) is 69.1 cm³/mol. The van der Waals surface area contributed by atoms with E-state index in [1.165, 1.54) is 7.11 Å². The summed E-state index contributed by atoms with van der Waals surface area (Å²) in [6.07, 6.45) is 5.64. The number of carbonyl (C=O) groups excluding carboxylic acids is 1. The van der Waals surface area contributed by atoms with E-state index < -0.39 is 0 Å². The maximum absolute atomic E-state index is 12.1. The third kappa shape index (κ3) is 3.15. The van der Waals surface area contributed by atoms with Crippen LogP contribution in [0.25, 0.3) is 0 Å². The van der Waals surface area contributed by atoms with Crippen molar-refractivity contribution in [2.24, 2.45) is 7.05 Å². The Kier molecular flexibility index (Phi) is 3.89. The number of carbonyl (C=O) groups is 1. The van der Waals surface area contributed by atoms with Gasteiger partial charge in [0.2, 0.25) is 5.88 Å². The summed E-state index contributed by atoms with van der Waals surface area (Å²) in [7, 11) is 3.24. The normalized spacial score (nSPS) is 12.2. The number of nitrogens with zero attached hydrogens (tertiary/aromatic N) is 2. The van der Waals surface area contributed by atoms with Crippen LogP contribution in [-0.4, -0.2) is 28.8 Å². The van der Waals surface area contributed by atoms with Gasteiger partial charge in [-0.15, -0.1) is 5.10 Å². The second-order valence-corrected chi connectivity index (χ2v) is 4.44. The number of ether oxygens (including phenoxy) is 1. The average Bonchev–Trinajstić information content (AvgIpc) is 2.97. The highest BCUT2D eigenvalue weighted by Gasteiger charge is 2.18. The third-order valence-electron chi connectivity index (χ3n) is 2.73. The molecule has 0 saturated carbocycles. The van der Waals surface area contributed by atoms with Crippen LogP contribution in [0.3, 0.4) is 0 Å². The van der Waals surface area contributed by atoms with Gasteiger partial charge in [0.05, 0.1) is 19.6 Å². The second-order valence-electron chi connectivity index (χ2n) is 4.44. The molecule has 1 atom stereocenters. The first-order chi connectivity index (χ1) is 9.10. The van der Waals surface area contributed by atoms with E-state index in [-0.39, 0.29) is 11.9 Å². The lowest BCUT2D eigenvalue weighted by Gasteiger charge is -2.12. The Balaban J connectivity index is 2.00. The SMILES string of the molecule is COc1nn(C)cc1C(=O)NC(C)Cc1ccoc1. The van der Waals surface area contributed by atoms with Crippen LogP contribution in [0.4, 0.5) is 0 Å². The minimum atomic E-state index is -0.194. The summed E-state index contributed by atoms with van der Waals surface area (Å²) in [5.41, 5.74) is 1.48. The van der Waals surface area contributed by atoms with E-state index in [2.05, 4.69) is 10.4 Å². The molecule has 1 N–H and O–H groups in total. The number of hydrogen-bond donors (Lipinski definition) is 1. The van der Waals surface area contributed by atoms with E-state index in [1.54, 1.807) is 30.5 Å². The Hall–Kier alpha value is -2.24. The standard InChI is InChI=1S/C13H17N3O3/c1-9(6-10-4-5-19-8-10)14-12(17)11-7-16(2)15-13(11)18-3/h4-5,7-9H,6H2,1-3H3,(H,14,17). The van der Waals surface area contributed by atoms with Gasteiger partial charge in [0, 0.05) is 19.3 Å². The van der Waals surface area contributed by atoms with E-state index in [1.807, 2.05) is 13.0 Å². The van der Waals surface area contributed by atoms with Gasteiger partial charge in [0.1, 0.15) is 5.56 Å². The van der Waals surface area contributed by atoms with E-state index in [9.17, 15) is 4.79 Å². The summed E-state index contributed by atoms with van der Waals surface area (Å²) in [6.45, 7) is 1.94. The molecule has 6 heteroatoms. The van der Waals surface area contributed by atoms with Gasteiger partial charge in [0.25, 0.3) is 5.91 Å². The minimum Gasteiger partial charge on any atom is -0.479 e. The Labute approximate surface area is 111 Å². The Morgan fingerprint density at radius 2 is 2.42 bits per heavy atom. The van der Waals surface area contributed by atoms with Gasteiger partial charge >= 0.3 is 0 Å². The first-order valence-electron chi connectivity index (χ1n) is 5.99. The number of aromatic nitrogens is 2. The number of nitrogens with one attached hydrogen (secondary N) is 1. The minimum absolute atomic E-state index is 0.00462. The Morgan fingerprint density at radius 3 is 3.05 bits per heavy atom. The van der Waals surface area contributed by atoms with Crippen LogP contribution >= 0.6 is 0 Å². The van der Waals surface area contributed by atoms with Crippen LogP contribution in [0.5, 0.6) is 5.88 Å². The van der Waals surface area contributed by atoms with E-state index in [4.69, 9.17) is 9.15 Å². The van der Waals surface area contributed by atoms with Gasteiger partial charge in [-0.25, -0.2) is 0 Å². The summed E-state index contributed by atoms with van der Waals surface area (Å²) >= 11 is 0. The van der Waals surface area contributed by atoms with Crippen LogP contribution in [-0.2, 0) is 13.5 Å². The van der Waals surface area contributed by atoms with Crippen LogP contribution in [0.15, 0.2) is 29.2 Å². The molecular formula is C13H17N3O3. The van der Waals surface area contributed by atoms with Crippen LogP contribution < -0.4 is 10.1 Å². The lowest BCUT2D eigenvalue weighted by atomic mass is 10.1. The monoisotopic (exact) mass is 263 g/mol. The second kappa shape index (κ2) is 5.60. The molecule has 0 bridgehead atoms. The fourth-order valence-electron chi connectivity index (χ4n) is 1.89. The van der Waals surface area contributed by atoms with Crippen molar-refractivity contribution in [3.8, 4) is 5.88 Å². The van der Waals surface area contributed by atoms with E-state index in [0.717, 1.165) is 5.56 Å². The molecule has 0 aromatic carbocycles. The van der Waals surface area contributed by atoms with Crippen molar-refractivity contribution in [3.63, 3.8) is 0 Å². The van der Waals surface area contributed by atoms with Gasteiger partial charge in [-0.05, 0) is 25.0 Å². The number of aryl methyl sites for hydroxylation is 1. The highest BCUT2D eigenvalue weighted by Crippen LogP contribution is 2.15. The van der Waals surface area contributed by atoms with Gasteiger partial charge in [-0.3, -0.25) is 9.48 Å². The molecule has 2 aromatic rings. The number of methoxy groups -OCH3 is 1. The first-order valence-corrected chi connectivity index (χ1v) is 5.99. The first kappa shape index (κ1) is 13.2. The summed E-state index contributed by atoms with van der Waals surface area (Å²) in [4.78, 5) is 12.1. The molecule has 2 rings (SSSR count). The number of hydrogen-bond acceptors (Lipinski definition) is 4. The molecule has 1 amide bonds. The van der Waals surface area contributed by atoms with Crippen molar-refractivity contribution in [1.29, 1.82) is 0 Å². The van der Waals surface area contributed by atoms with Gasteiger partial charge < -0.3 is 14.5 Å². The van der Waals surface area contributed by atoms with Crippen LogP contribution in [0.1, 0.15) is 22.8 Å². The highest BCUT2D eigenvalue weighted by atomic mass is 16.5. The quantitative estimate of drug-likeness (QED) is 0.885. The molecule has 2 aromatic heterocycles. The lowest BCUT2D eigenvalue weighted by Crippen LogP contribution is -2.34. The van der Waals surface area contributed by atoms with Gasteiger partial charge in [-0.1, -0.05) is 0 Å². The summed E-state index contributed by atoms with van der Waals surface area (Å²) in [6, 6.07) is 1.88. The Bertz CT molecular complexity index is 545. The largest absolute Gasteiger partial charge is 0.479 e. The van der Waals surface area contributed by atoms with Crippen molar-refractivity contribution in [3.05, 3.63) is 35.9 Å². The molecule has 0 spiro atoms. The fourth-order valence-corrected chi connectivity index (χ4v) is 1.89. The fraction of sp³-hybridized carbons (Fsp3) is 0.385. The van der Waals surface area contributed by atoms with Crippen molar-refractivity contribution in [1.82, 2.24) is 15.1 Å². The Morgan fingerprint density at radius 1 is 1.63 bits per heavy atom. The molecule has 0 aliphatic rings. The third-order valence-corrected chi connectivity index (χ3v) is 2.73. The van der Waals surface area contributed by atoms with Crippen LogP contribution in [0.2, 0.25) is 0 Å². The molecule has 0 fully saturated rings. The topological polar surface area (TPSA) is 69.3 Å². The van der Waals surface area contributed by atoms with E-state index in [0.29, 0.717) is 17.9 Å². The molecule has 2 heterocycles. The zero-order valence-electron chi connectivity index (χ0n) is 11.2. The van der Waals surface area contributed by atoms with Crippen molar-refractivity contribution in [2.75, 3.05) is 7.11 Å². The number of amides is 1. The molecule has 6 nitrogen and oxygen atoms in total. The molecule has 102 valence electrons. The molecule has 0 saturated heterocycles. The summed E-state index contributed by atoms with van der Waals surface area (Å²) < 4.78 is 11.6. The van der Waals surface area contributed by atoms with E-state index >= 15 is 0 Å².